The molecule has 0 saturated heterocycles. The molecule has 0 spiro atoms. The summed E-state index contributed by atoms with van der Waals surface area (Å²) in [4.78, 5) is 4.15. The van der Waals surface area contributed by atoms with Crippen LogP contribution in [0.4, 0.5) is 0 Å². The molecule has 0 aliphatic carbocycles. The topological polar surface area (TPSA) is 16.8 Å². The second-order valence-electron chi connectivity index (χ2n) is 3.39. The van der Waals surface area contributed by atoms with Crippen LogP contribution in [0.2, 0.25) is 0 Å². The third kappa shape index (κ3) is 1.51. The van der Waals surface area contributed by atoms with Gasteiger partial charge in [0.1, 0.15) is 7.05 Å². The van der Waals surface area contributed by atoms with Gasteiger partial charge in [0.05, 0.1) is 5.56 Å². The van der Waals surface area contributed by atoms with E-state index in [1.165, 1.54) is 16.8 Å². The molecule has 0 N–H and O–H groups in total. The minimum Gasteiger partial charge on any atom is -0.264 e. The molecule has 0 bridgehead atoms. The molecule has 0 aromatic carbocycles. The molecule has 2 heterocycles. The number of rotatable bonds is 1. The minimum atomic E-state index is 1.19. The van der Waals surface area contributed by atoms with Crippen molar-refractivity contribution in [1.29, 1.82) is 0 Å². The summed E-state index contributed by atoms with van der Waals surface area (Å²) in [5, 5.41) is 0. The van der Waals surface area contributed by atoms with Gasteiger partial charge in [0.25, 0.3) is 0 Å². The van der Waals surface area contributed by atoms with Gasteiger partial charge < -0.3 is 0 Å². The highest BCUT2D eigenvalue weighted by molar-refractivity contribution is 5.58. The number of aryl methyl sites for hydroxylation is 2. The maximum atomic E-state index is 4.15. The first-order chi connectivity index (χ1) is 6.79. The summed E-state index contributed by atoms with van der Waals surface area (Å²) in [6, 6.07) is 8.20. The van der Waals surface area contributed by atoms with E-state index in [2.05, 4.69) is 22.5 Å². The van der Waals surface area contributed by atoms with E-state index >= 15 is 0 Å². The molecule has 14 heavy (non-hydrogen) atoms. The number of aromatic nitrogens is 2. The molecule has 70 valence electrons. The SMILES string of the molecule is Cc1ccncc1-c1cccc[n+]1C. The normalized spacial score (nSPS) is 10.1. The Morgan fingerprint density at radius 2 is 2.07 bits per heavy atom. The van der Waals surface area contributed by atoms with Crippen LogP contribution in [0.5, 0.6) is 0 Å². The van der Waals surface area contributed by atoms with Crippen molar-refractivity contribution >= 4 is 0 Å². The van der Waals surface area contributed by atoms with Crippen LogP contribution in [0.1, 0.15) is 5.56 Å². The van der Waals surface area contributed by atoms with E-state index in [0.29, 0.717) is 0 Å². The molecule has 0 unspecified atom stereocenters. The van der Waals surface area contributed by atoms with Crippen molar-refractivity contribution in [2.45, 2.75) is 6.92 Å². The van der Waals surface area contributed by atoms with Gasteiger partial charge in [-0.2, -0.15) is 0 Å². The first-order valence-corrected chi connectivity index (χ1v) is 4.64. The van der Waals surface area contributed by atoms with E-state index in [1.54, 1.807) is 0 Å². The van der Waals surface area contributed by atoms with E-state index in [1.807, 2.05) is 43.8 Å². The van der Waals surface area contributed by atoms with E-state index in [4.69, 9.17) is 0 Å². The highest BCUT2D eigenvalue weighted by Gasteiger charge is 2.10. The van der Waals surface area contributed by atoms with Crippen molar-refractivity contribution in [2.75, 3.05) is 0 Å². The zero-order valence-electron chi connectivity index (χ0n) is 8.44. The molecule has 2 rings (SSSR count). The third-order valence-corrected chi connectivity index (χ3v) is 2.37. The summed E-state index contributed by atoms with van der Waals surface area (Å²) in [7, 11) is 2.04. The first kappa shape index (κ1) is 8.88. The zero-order valence-corrected chi connectivity index (χ0v) is 8.44. The van der Waals surface area contributed by atoms with Crippen LogP contribution in [0, 0.1) is 6.92 Å². The Labute approximate surface area is 83.9 Å². The van der Waals surface area contributed by atoms with E-state index in [0.717, 1.165) is 0 Å². The van der Waals surface area contributed by atoms with Gasteiger partial charge in [-0.3, -0.25) is 4.98 Å². The van der Waals surface area contributed by atoms with Crippen molar-refractivity contribution in [1.82, 2.24) is 4.98 Å². The standard InChI is InChI=1S/C12H13N2/c1-10-6-7-13-9-11(10)12-5-3-4-8-14(12)2/h3-9H,1-2H3/q+1. The quantitative estimate of drug-likeness (QED) is 0.620. The molecule has 0 radical (unpaired) electrons. The lowest BCUT2D eigenvalue weighted by molar-refractivity contribution is -0.660. The average molecular weight is 185 g/mol. The van der Waals surface area contributed by atoms with Gasteiger partial charge in [-0.1, -0.05) is 0 Å². The number of pyridine rings is 2. The average Bonchev–Trinajstić information content (AvgIpc) is 2.20. The van der Waals surface area contributed by atoms with E-state index < -0.39 is 0 Å². The fraction of sp³-hybridized carbons (Fsp3) is 0.167. The van der Waals surface area contributed by atoms with Crippen LogP contribution in [-0.4, -0.2) is 4.98 Å². The molecule has 0 aliphatic rings. The number of nitrogens with zero attached hydrogens (tertiary/aromatic N) is 2. The molecule has 0 aliphatic heterocycles. The minimum absolute atomic E-state index is 1.19. The molecule has 0 atom stereocenters. The fourth-order valence-corrected chi connectivity index (χ4v) is 1.54. The number of hydrogen-bond donors (Lipinski definition) is 0. The Bertz CT molecular complexity index is 406. The van der Waals surface area contributed by atoms with Crippen molar-refractivity contribution < 1.29 is 4.57 Å². The summed E-state index contributed by atoms with van der Waals surface area (Å²) >= 11 is 0. The lowest BCUT2D eigenvalue weighted by Gasteiger charge is -2.01. The summed E-state index contributed by atoms with van der Waals surface area (Å²) in [6.07, 6.45) is 5.77. The van der Waals surface area contributed by atoms with Gasteiger partial charge in [-0.05, 0) is 24.6 Å². The molecule has 2 aromatic rings. The highest BCUT2D eigenvalue weighted by Crippen LogP contribution is 2.17. The molecule has 2 aromatic heterocycles. The molecule has 2 nitrogen and oxygen atoms in total. The van der Waals surface area contributed by atoms with Crippen LogP contribution < -0.4 is 4.57 Å². The molecule has 2 heteroatoms. The first-order valence-electron chi connectivity index (χ1n) is 4.64. The summed E-state index contributed by atoms with van der Waals surface area (Å²) < 4.78 is 2.10. The van der Waals surface area contributed by atoms with E-state index in [9.17, 15) is 0 Å². The van der Waals surface area contributed by atoms with Crippen LogP contribution >= 0.6 is 0 Å². The summed E-state index contributed by atoms with van der Waals surface area (Å²) in [6.45, 7) is 2.10. The van der Waals surface area contributed by atoms with Gasteiger partial charge in [0.2, 0.25) is 5.69 Å². The van der Waals surface area contributed by atoms with Crippen molar-refractivity contribution in [3.63, 3.8) is 0 Å². The van der Waals surface area contributed by atoms with E-state index in [-0.39, 0.29) is 0 Å². The maximum Gasteiger partial charge on any atom is 0.214 e. The fourth-order valence-electron chi connectivity index (χ4n) is 1.54. The smallest absolute Gasteiger partial charge is 0.214 e. The Morgan fingerprint density at radius 1 is 1.21 bits per heavy atom. The second kappa shape index (κ2) is 3.58. The van der Waals surface area contributed by atoms with Crippen molar-refractivity contribution in [2.24, 2.45) is 7.05 Å². The lowest BCUT2D eigenvalue weighted by Crippen LogP contribution is -2.30. The van der Waals surface area contributed by atoms with Crippen molar-refractivity contribution in [3.05, 3.63) is 48.4 Å². The largest absolute Gasteiger partial charge is 0.264 e. The molecular formula is C12H13N2+. The third-order valence-electron chi connectivity index (χ3n) is 2.37. The van der Waals surface area contributed by atoms with Gasteiger partial charge in [0, 0.05) is 24.5 Å². The number of hydrogen-bond acceptors (Lipinski definition) is 1. The Balaban J connectivity index is 2.61. The monoisotopic (exact) mass is 185 g/mol. The molecule has 0 amide bonds. The Morgan fingerprint density at radius 3 is 2.79 bits per heavy atom. The van der Waals surface area contributed by atoms with Crippen LogP contribution in [0.15, 0.2) is 42.9 Å². The van der Waals surface area contributed by atoms with Gasteiger partial charge in [-0.15, -0.1) is 0 Å². The predicted molar refractivity (Wildman–Crippen MR) is 55.6 cm³/mol. The summed E-state index contributed by atoms with van der Waals surface area (Å²) in [5.41, 5.74) is 3.63. The predicted octanol–water partition coefficient (Wildman–Crippen LogP) is 1.88. The van der Waals surface area contributed by atoms with Crippen LogP contribution in [0.3, 0.4) is 0 Å². The lowest BCUT2D eigenvalue weighted by atomic mass is 10.1. The maximum absolute atomic E-state index is 4.15. The van der Waals surface area contributed by atoms with Crippen LogP contribution in [0.25, 0.3) is 11.3 Å². The molecule has 0 saturated carbocycles. The zero-order chi connectivity index (χ0) is 9.97. The van der Waals surface area contributed by atoms with Crippen LogP contribution in [-0.2, 0) is 7.05 Å². The van der Waals surface area contributed by atoms with Gasteiger partial charge in [-0.25, -0.2) is 4.57 Å². The molecular weight excluding hydrogens is 172 g/mol. The van der Waals surface area contributed by atoms with Gasteiger partial charge >= 0.3 is 0 Å². The van der Waals surface area contributed by atoms with Crippen molar-refractivity contribution in [3.8, 4) is 11.3 Å². The molecule has 0 fully saturated rings. The second-order valence-corrected chi connectivity index (χ2v) is 3.39. The Kier molecular flexibility index (Phi) is 2.27. The summed E-state index contributed by atoms with van der Waals surface area (Å²) in [5.74, 6) is 0. The highest BCUT2D eigenvalue weighted by atomic mass is 14.9. The Hall–Kier alpha value is -1.70. The van der Waals surface area contributed by atoms with Gasteiger partial charge in [0.15, 0.2) is 6.20 Å².